The molecule has 1 aliphatic carbocycles. The lowest BCUT2D eigenvalue weighted by Crippen LogP contribution is -2.36. The quantitative estimate of drug-likeness (QED) is 0.140. The Kier molecular flexibility index (Phi) is 8.68. The SMILES string of the molecule is CN=CC(=CN)NC(O)Nc1ccc(-c2nc(C[S+](O)C3CC3)cc(NCCO)n2)cc1. The fourth-order valence-corrected chi connectivity index (χ4v) is 4.29. The Hall–Kier alpha value is -2.86. The van der Waals surface area contributed by atoms with Gasteiger partial charge in [-0.25, -0.2) is 9.97 Å². The highest BCUT2D eigenvalue weighted by molar-refractivity contribution is 7.91. The third kappa shape index (κ3) is 7.09. The summed E-state index contributed by atoms with van der Waals surface area (Å²) in [7, 11) is 1.61. The lowest BCUT2D eigenvalue weighted by molar-refractivity contribution is 0.180. The van der Waals surface area contributed by atoms with Crippen LogP contribution in [-0.4, -0.2) is 62.7 Å². The summed E-state index contributed by atoms with van der Waals surface area (Å²) in [6.07, 6.45) is 3.88. The van der Waals surface area contributed by atoms with E-state index < -0.39 is 17.5 Å². The van der Waals surface area contributed by atoms with Gasteiger partial charge in [-0.3, -0.25) is 4.99 Å². The molecule has 1 aliphatic rings. The van der Waals surface area contributed by atoms with Crippen LogP contribution in [0.5, 0.6) is 0 Å². The zero-order valence-corrected chi connectivity index (χ0v) is 18.7. The summed E-state index contributed by atoms with van der Waals surface area (Å²) in [5, 5.41) is 28.4. The first-order valence-electron chi connectivity index (χ1n) is 10.3. The molecule has 32 heavy (non-hydrogen) atoms. The van der Waals surface area contributed by atoms with Gasteiger partial charge in [-0.2, -0.15) is 4.55 Å². The lowest BCUT2D eigenvalue weighted by atomic mass is 10.2. The van der Waals surface area contributed by atoms with E-state index in [4.69, 9.17) is 10.8 Å². The van der Waals surface area contributed by atoms with E-state index in [9.17, 15) is 9.66 Å². The highest BCUT2D eigenvalue weighted by atomic mass is 32.2. The standard InChI is InChI=1S/C21H30N7O3S/c1-23-12-17(11-22)27-21(30)26-15-4-2-14(3-5-15)20-25-16(13-32(31)18-6-7-18)10-19(28-20)24-8-9-29/h2-5,10-12,18,21,26-27,29-31H,6-9,13,22H2,1H3,(H,24,25,28)/q+1. The molecule has 172 valence electrons. The molecule has 0 saturated heterocycles. The summed E-state index contributed by atoms with van der Waals surface area (Å²) in [5.74, 6) is 1.62. The molecule has 0 bridgehead atoms. The largest absolute Gasteiger partial charge is 0.403 e. The first-order chi connectivity index (χ1) is 15.5. The van der Waals surface area contributed by atoms with E-state index in [1.165, 1.54) is 12.4 Å². The first kappa shape index (κ1) is 23.8. The predicted octanol–water partition coefficient (Wildman–Crippen LogP) is 1.08. The molecule has 2 aromatic rings. The predicted molar refractivity (Wildman–Crippen MR) is 129 cm³/mol. The van der Waals surface area contributed by atoms with Crippen LogP contribution in [0.15, 0.2) is 47.2 Å². The van der Waals surface area contributed by atoms with E-state index in [-0.39, 0.29) is 6.61 Å². The number of anilines is 2. The summed E-state index contributed by atoms with van der Waals surface area (Å²) >= 11 is -0.693. The number of aliphatic imine (C=N–C) groups is 1. The summed E-state index contributed by atoms with van der Waals surface area (Å²) in [4.78, 5) is 13.0. The number of rotatable bonds is 12. The number of aliphatic hydroxyl groups excluding tert-OH is 2. The van der Waals surface area contributed by atoms with Gasteiger partial charge in [0.1, 0.15) is 5.82 Å². The Morgan fingerprint density at radius 3 is 2.69 bits per heavy atom. The number of nitrogens with zero attached hydrogens (tertiary/aromatic N) is 3. The highest BCUT2D eigenvalue weighted by Gasteiger charge is 2.40. The Bertz CT molecular complexity index is 935. The zero-order chi connectivity index (χ0) is 22.9. The average Bonchev–Trinajstić information content (AvgIpc) is 3.63. The van der Waals surface area contributed by atoms with Gasteiger partial charge < -0.3 is 31.9 Å². The molecule has 3 rings (SSSR count). The maximum absolute atomic E-state index is 10.4. The molecule has 10 nitrogen and oxygen atoms in total. The van der Waals surface area contributed by atoms with Gasteiger partial charge in [-0.15, -0.1) is 0 Å². The molecule has 8 N–H and O–H groups in total. The molecule has 0 aliphatic heterocycles. The van der Waals surface area contributed by atoms with Gasteiger partial charge in [0.15, 0.2) is 28.0 Å². The second-order valence-electron chi connectivity index (χ2n) is 7.24. The van der Waals surface area contributed by atoms with Crippen LogP contribution in [0.3, 0.4) is 0 Å². The van der Waals surface area contributed by atoms with Crippen LogP contribution in [0.4, 0.5) is 11.5 Å². The van der Waals surface area contributed by atoms with Crippen molar-refractivity contribution >= 4 is 28.9 Å². The summed E-state index contributed by atoms with van der Waals surface area (Å²) < 4.78 is 10.4. The summed E-state index contributed by atoms with van der Waals surface area (Å²) in [6.45, 7) is 0.363. The number of nitrogens with two attached hydrogens (primary N) is 1. The Labute approximate surface area is 190 Å². The number of hydrogen-bond donors (Lipinski definition) is 7. The first-order valence-corrected chi connectivity index (χ1v) is 11.7. The van der Waals surface area contributed by atoms with Crippen LogP contribution in [0.2, 0.25) is 0 Å². The van der Waals surface area contributed by atoms with Crippen molar-refractivity contribution in [1.82, 2.24) is 15.3 Å². The van der Waals surface area contributed by atoms with Crippen LogP contribution in [0.25, 0.3) is 11.4 Å². The topological polar surface area (TPSA) is 161 Å². The molecule has 11 heteroatoms. The van der Waals surface area contributed by atoms with Gasteiger partial charge in [-0.1, -0.05) is 0 Å². The molecule has 1 saturated carbocycles. The Morgan fingerprint density at radius 1 is 1.31 bits per heavy atom. The molecule has 0 amide bonds. The van der Waals surface area contributed by atoms with Gasteiger partial charge in [0, 0.05) is 56.2 Å². The normalized spacial score (nSPS) is 16.1. The second-order valence-corrected chi connectivity index (χ2v) is 9.00. The third-order valence-corrected chi connectivity index (χ3v) is 6.43. The maximum atomic E-state index is 10.4. The summed E-state index contributed by atoms with van der Waals surface area (Å²) in [6, 6.07) is 9.11. The minimum absolute atomic E-state index is 0.0109. The van der Waals surface area contributed by atoms with Crippen LogP contribution in [0.1, 0.15) is 18.5 Å². The number of aliphatic hydroxyl groups is 2. The fourth-order valence-electron chi connectivity index (χ4n) is 2.92. The Balaban J connectivity index is 1.73. The fraction of sp³-hybridized carbons (Fsp3) is 0.381. The van der Waals surface area contributed by atoms with Crippen LogP contribution in [-0.2, 0) is 16.9 Å². The van der Waals surface area contributed by atoms with Gasteiger partial charge in [0.2, 0.25) is 6.35 Å². The smallest absolute Gasteiger partial charge is 0.202 e. The molecule has 1 heterocycles. The Morgan fingerprint density at radius 2 is 2.06 bits per heavy atom. The summed E-state index contributed by atoms with van der Waals surface area (Å²) in [5.41, 5.74) is 8.19. The third-order valence-electron chi connectivity index (χ3n) is 4.60. The van der Waals surface area contributed by atoms with Crippen molar-refractivity contribution in [3.8, 4) is 11.4 Å². The van der Waals surface area contributed by atoms with Crippen LogP contribution in [0, 0.1) is 0 Å². The van der Waals surface area contributed by atoms with Crippen molar-refractivity contribution in [3.63, 3.8) is 0 Å². The van der Waals surface area contributed by atoms with Crippen molar-refractivity contribution in [2.45, 2.75) is 30.2 Å². The molecule has 0 radical (unpaired) electrons. The minimum Gasteiger partial charge on any atom is -0.403 e. The number of aromatic nitrogens is 2. The number of hydrogen-bond acceptors (Lipinski definition) is 10. The van der Waals surface area contributed by atoms with Crippen LogP contribution < -0.4 is 21.7 Å². The minimum atomic E-state index is -1.06. The highest BCUT2D eigenvalue weighted by Crippen LogP contribution is 2.31. The molecule has 1 aromatic heterocycles. The monoisotopic (exact) mass is 460 g/mol. The van der Waals surface area contributed by atoms with E-state index in [1.54, 1.807) is 19.2 Å². The van der Waals surface area contributed by atoms with E-state index in [0.717, 1.165) is 24.1 Å². The lowest BCUT2D eigenvalue weighted by Gasteiger charge is -2.17. The van der Waals surface area contributed by atoms with Crippen molar-refractivity contribution in [2.24, 2.45) is 10.7 Å². The molecule has 0 spiro atoms. The zero-order valence-electron chi connectivity index (χ0n) is 17.9. The van der Waals surface area contributed by atoms with Crippen molar-refractivity contribution in [1.29, 1.82) is 0 Å². The van der Waals surface area contributed by atoms with Gasteiger partial charge >= 0.3 is 0 Å². The van der Waals surface area contributed by atoms with E-state index in [2.05, 4.69) is 30.9 Å². The molecule has 1 fully saturated rings. The van der Waals surface area contributed by atoms with Gasteiger partial charge in [0.05, 0.1) is 18.0 Å². The van der Waals surface area contributed by atoms with Gasteiger partial charge in [-0.05, 0) is 24.3 Å². The average molecular weight is 461 g/mol. The van der Waals surface area contributed by atoms with E-state index in [0.29, 0.717) is 40.6 Å². The number of allylic oxidation sites excluding steroid dienone is 1. The van der Waals surface area contributed by atoms with Gasteiger partial charge in [0.25, 0.3) is 0 Å². The molecule has 2 unspecified atom stereocenters. The van der Waals surface area contributed by atoms with Crippen molar-refractivity contribution in [2.75, 3.05) is 30.8 Å². The second kappa shape index (κ2) is 11.7. The van der Waals surface area contributed by atoms with Crippen molar-refractivity contribution < 1.29 is 14.8 Å². The molecule has 2 atom stereocenters. The van der Waals surface area contributed by atoms with E-state index in [1.807, 2.05) is 18.2 Å². The maximum Gasteiger partial charge on any atom is 0.202 e. The molecular weight excluding hydrogens is 430 g/mol. The number of benzene rings is 1. The molecular formula is C21H30N7O3S+. The van der Waals surface area contributed by atoms with E-state index >= 15 is 0 Å². The number of nitrogens with one attached hydrogen (secondary N) is 3. The molecule has 1 aromatic carbocycles. The van der Waals surface area contributed by atoms with Crippen molar-refractivity contribution in [3.05, 3.63) is 47.9 Å². The van der Waals surface area contributed by atoms with Crippen LogP contribution >= 0.6 is 0 Å².